The van der Waals surface area contributed by atoms with Crippen LogP contribution in [0.15, 0.2) is 45.6 Å². The van der Waals surface area contributed by atoms with Crippen molar-refractivity contribution in [2.75, 3.05) is 12.9 Å². The zero-order chi connectivity index (χ0) is 18.4. The molecule has 0 spiro atoms. The molecule has 1 aliphatic rings. The van der Waals surface area contributed by atoms with Crippen molar-refractivity contribution >= 4 is 22.7 Å². The molecule has 25 heavy (non-hydrogen) atoms. The second-order valence-corrected chi connectivity index (χ2v) is 7.46. The van der Waals surface area contributed by atoms with Gasteiger partial charge in [0.1, 0.15) is 18.6 Å². The monoisotopic (exact) mass is 363 g/mol. The first-order valence-corrected chi connectivity index (χ1v) is 10.1. The SMILES string of the molecule is CCCC(=NOCC)C1=C(O)CC(c2ccc([S+](C)[O-])cc2)CC1=O. The van der Waals surface area contributed by atoms with E-state index in [1.54, 1.807) is 6.26 Å². The van der Waals surface area contributed by atoms with Crippen LogP contribution in [0.5, 0.6) is 0 Å². The Morgan fingerprint density at radius 3 is 2.52 bits per heavy atom. The van der Waals surface area contributed by atoms with Gasteiger partial charge in [0.05, 0.1) is 11.3 Å². The third kappa shape index (κ3) is 4.86. The third-order valence-corrected chi connectivity index (χ3v) is 5.14. The van der Waals surface area contributed by atoms with Gasteiger partial charge in [0, 0.05) is 12.8 Å². The molecule has 1 aromatic carbocycles. The molecule has 0 saturated carbocycles. The number of hydrogen-bond acceptors (Lipinski definition) is 5. The van der Waals surface area contributed by atoms with Crippen LogP contribution in [-0.4, -0.2) is 34.0 Å². The van der Waals surface area contributed by atoms with E-state index in [4.69, 9.17) is 4.84 Å². The molecular weight excluding hydrogens is 338 g/mol. The number of allylic oxidation sites excluding steroid dienone is 2. The standard InChI is InChI=1S/C19H25NO4S/c1-4-6-16(20-24-5-2)19-17(21)11-14(12-18(19)22)13-7-9-15(10-8-13)25(3)23/h7-10,14,21H,4-6,11-12H2,1-3H3. The molecule has 2 atom stereocenters. The minimum atomic E-state index is -1.03. The second-order valence-electron chi connectivity index (χ2n) is 6.08. The Kier molecular flexibility index (Phi) is 7.08. The Balaban J connectivity index is 2.24. The van der Waals surface area contributed by atoms with Crippen LogP contribution in [-0.2, 0) is 20.8 Å². The quantitative estimate of drug-likeness (QED) is 0.453. The van der Waals surface area contributed by atoms with Gasteiger partial charge in [-0.3, -0.25) is 4.79 Å². The van der Waals surface area contributed by atoms with E-state index in [0.717, 1.165) is 16.9 Å². The summed E-state index contributed by atoms with van der Waals surface area (Å²) in [7, 11) is 0. The van der Waals surface area contributed by atoms with E-state index in [1.165, 1.54) is 0 Å². The highest BCUT2D eigenvalue weighted by Gasteiger charge is 2.31. The highest BCUT2D eigenvalue weighted by atomic mass is 32.2. The van der Waals surface area contributed by atoms with E-state index in [0.29, 0.717) is 37.2 Å². The zero-order valence-corrected chi connectivity index (χ0v) is 15.8. The Morgan fingerprint density at radius 1 is 1.32 bits per heavy atom. The maximum Gasteiger partial charge on any atom is 0.168 e. The van der Waals surface area contributed by atoms with E-state index in [2.05, 4.69) is 5.16 Å². The van der Waals surface area contributed by atoms with Crippen LogP contribution in [0.1, 0.15) is 51.0 Å². The molecule has 0 aromatic heterocycles. The molecule has 0 saturated heterocycles. The number of hydrogen-bond donors (Lipinski definition) is 1. The smallest absolute Gasteiger partial charge is 0.168 e. The minimum absolute atomic E-state index is 0.0782. The van der Waals surface area contributed by atoms with Gasteiger partial charge in [-0.05, 0) is 48.1 Å². The lowest BCUT2D eigenvalue weighted by Gasteiger charge is -2.24. The van der Waals surface area contributed by atoms with Crippen molar-refractivity contribution in [2.24, 2.45) is 5.16 Å². The number of ketones is 1. The fourth-order valence-corrected chi connectivity index (χ4v) is 3.50. The lowest BCUT2D eigenvalue weighted by atomic mass is 9.81. The summed E-state index contributed by atoms with van der Waals surface area (Å²) in [6, 6.07) is 7.39. The lowest BCUT2D eigenvalue weighted by Crippen LogP contribution is -2.24. The van der Waals surface area contributed by atoms with Gasteiger partial charge < -0.3 is 14.5 Å². The fourth-order valence-electron chi connectivity index (χ4n) is 2.98. The molecule has 0 heterocycles. The summed E-state index contributed by atoms with van der Waals surface area (Å²) in [6.45, 7) is 4.24. The van der Waals surface area contributed by atoms with Crippen LogP contribution in [0.2, 0.25) is 0 Å². The number of rotatable bonds is 7. The predicted molar refractivity (Wildman–Crippen MR) is 99.4 cm³/mol. The van der Waals surface area contributed by atoms with Crippen LogP contribution >= 0.6 is 0 Å². The molecule has 0 bridgehead atoms. The van der Waals surface area contributed by atoms with Gasteiger partial charge in [0.2, 0.25) is 0 Å². The molecule has 2 unspecified atom stereocenters. The molecule has 0 aliphatic heterocycles. The molecule has 0 amide bonds. The van der Waals surface area contributed by atoms with E-state index < -0.39 is 11.2 Å². The first kappa shape index (κ1) is 19.5. The van der Waals surface area contributed by atoms with Crippen molar-refractivity contribution < 1.29 is 19.3 Å². The summed E-state index contributed by atoms with van der Waals surface area (Å²) >= 11 is -1.03. The molecule has 136 valence electrons. The Labute approximate surface area is 151 Å². The van der Waals surface area contributed by atoms with Crippen LogP contribution in [0.3, 0.4) is 0 Å². The zero-order valence-electron chi connectivity index (χ0n) is 14.9. The summed E-state index contributed by atoms with van der Waals surface area (Å²) in [4.78, 5) is 18.5. The molecule has 1 N–H and O–H groups in total. The molecule has 0 radical (unpaired) electrons. The number of Topliss-reactive ketones (excluding diaryl/α,β-unsaturated/α-hetero) is 1. The molecule has 6 heteroatoms. The van der Waals surface area contributed by atoms with Gasteiger partial charge >= 0.3 is 0 Å². The normalized spacial score (nSPS) is 19.9. The summed E-state index contributed by atoms with van der Waals surface area (Å²) in [5, 5.41) is 14.5. The predicted octanol–water partition coefficient (Wildman–Crippen LogP) is 3.88. The van der Waals surface area contributed by atoms with Gasteiger partial charge in [0.15, 0.2) is 10.7 Å². The Bertz CT molecular complexity index is 665. The number of aliphatic hydroxyl groups excluding tert-OH is 1. The van der Waals surface area contributed by atoms with Crippen molar-refractivity contribution in [1.29, 1.82) is 0 Å². The van der Waals surface area contributed by atoms with Crippen molar-refractivity contribution in [2.45, 2.75) is 50.3 Å². The summed E-state index contributed by atoms with van der Waals surface area (Å²) < 4.78 is 11.5. The number of oxime groups is 1. The molecule has 2 rings (SSSR count). The third-order valence-electron chi connectivity index (χ3n) is 4.20. The number of benzene rings is 1. The second kappa shape index (κ2) is 9.06. The molecule has 1 aliphatic carbocycles. The van der Waals surface area contributed by atoms with Crippen LogP contribution < -0.4 is 0 Å². The summed E-state index contributed by atoms with van der Waals surface area (Å²) in [5.41, 5.74) is 1.81. The van der Waals surface area contributed by atoms with Crippen LogP contribution in [0.4, 0.5) is 0 Å². The topological polar surface area (TPSA) is 81.9 Å². The van der Waals surface area contributed by atoms with Gasteiger partial charge in [0.25, 0.3) is 0 Å². The summed E-state index contributed by atoms with van der Waals surface area (Å²) in [5.74, 6) is -0.106. The maximum absolute atomic E-state index is 12.6. The number of carbonyl (C=O) groups excluding carboxylic acids is 1. The Morgan fingerprint density at radius 2 is 2.00 bits per heavy atom. The lowest BCUT2D eigenvalue weighted by molar-refractivity contribution is -0.116. The summed E-state index contributed by atoms with van der Waals surface area (Å²) in [6.07, 6.45) is 3.75. The van der Waals surface area contributed by atoms with Crippen LogP contribution in [0.25, 0.3) is 0 Å². The van der Waals surface area contributed by atoms with E-state index in [1.807, 2.05) is 38.1 Å². The molecular formula is C19H25NO4S. The number of carbonyl (C=O) groups is 1. The Hall–Kier alpha value is -1.79. The largest absolute Gasteiger partial charge is 0.612 e. The van der Waals surface area contributed by atoms with Crippen molar-refractivity contribution in [1.82, 2.24) is 0 Å². The number of aliphatic hydroxyl groups is 1. The van der Waals surface area contributed by atoms with Gasteiger partial charge in [-0.1, -0.05) is 30.6 Å². The maximum atomic E-state index is 12.6. The van der Waals surface area contributed by atoms with Crippen molar-refractivity contribution in [3.63, 3.8) is 0 Å². The van der Waals surface area contributed by atoms with E-state index >= 15 is 0 Å². The van der Waals surface area contributed by atoms with Crippen molar-refractivity contribution in [3.8, 4) is 0 Å². The highest BCUT2D eigenvalue weighted by molar-refractivity contribution is 7.90. The van der Waals surface area contributed by atoms with Crippen molar-refractivity contribution in [3.05, 3.63) is 41.2 Å². The van der Waals surface area contributed by atoms with Gasteiger partial charge in [-0.2, -0.15) is 0 Å². The first-order chi connectivity index (χ1) is 12.0. The average molecular weight is 363 g/mol. The average Bonchev–Trinajstić information content (AvgIpc) is 2.59. The van der Waals surface area contributed by atoms with Gasteiger partial charge in [-0.25, -0.2) is 0 Å². The minimum Gasteiger partial charge on any atom is -0.612 e. The molecule has 1 aromatic rings. The van der Waals surface area contributed by atoms with Crippen LogP contribution in [0, 0.1) is 0 Å². The highest BCUT2D eigenvalue weighted by Crippen LogP contribution is 2.35. The molecule has 5 nitrogen and oxygen atoms in total. The fraction of sp³-hybridized carbons (Fsp3) is 0.474. The first-order valence-electron chi connectivity index (χ1n) is 8.55. The van der Waals surface area contributed by atoms with E-state index in [9.17, 15) is 14.5 Å². The molecule has 0 fully saturated rings. The van der Waals surface area contributed by atoms with E-state index in [-0.39, 0.29) is 17.5 Å². The number of nitrogens with zero attached hydrogens (tertiary/aromatic N) is 1. The van der Waals surface area contributed by atoms with Gasteiger partial charge in [-0.15, -0.1) is 0 Å².